The van der Waals surface area contributed by atoms with Gasteiger partial charge in [-0.2, -0.15) is 0 Å². The van der Waals surface area contributed by atoms with Gasteiger partial charge in [-0.1, -0.05) is 20.3 Å². The maximum atomic E-state index is 12.9. The first-order valence-electron chi connectivity index (χ1n) is 8.87. The molecule has 2 aliphatic rings. The minimum Gasteiger partial charge on any atom is -0.367 e. The molecule has 0 aliphatic carbocycles. The van der Waals surface area contributed by atoms with E-state index >= 15 is 0 Å². The molecule has 2 aliphatic heterocycles. The summed E-state index contributed by atoms with van der Waals surface area (Å²) >= 11 is 0. The van der Waals surface area contributed by atoms with Crippen LogP contribution in [0.2, 0.25) is 0 Å². The first-order chi connectivity index (χ1) is 10.1. The zero-order valence-electron chi connectivity index (χ0n) is 15.2. The van der Waals surface area contributed by atoms with E-state index in [1.54, 1.807) is 0 Å². The average molecular weight is 310 g/mol. The van der Waals surface area contributed by atoms with Crippen LogP contribution in [0.4, 0.5) is 0 Å². The number of carbonyl (C=O) groups is 1. The van der Waals surface area contributed by atoms with Gasteiger partial charge in [0.2, 0.25) is 5.91 Å². The number of nitrogens with one attached hydrogen (secondary N) is 1. The molecule has 2 atom stereocenters. The van der Waals surface area contributed by atoms with Crippen LogP contribution in [0.25, 0.3) is 0 Å². The molecule has 4 nitrogen and oxygen atoms in total. The van der Waals surface area contributed by atoms with Crippen LogP contribution < -0.4 is 5.32 Å². The molecule has 0 aromatic heterocycles. The van der Waals surface area contributed by atoms with Crippen molar-refractivity contribution < 1.29 is 9.53 Å². The Bertz CT molecular complexity index is 398. The maximum Gasteiger partial charge on any atom is 0.237 e. The molecule has 0 aromatic carbocycles. The lowest BCUT2D eigenvalue weighted by atomic mass is 9.92. The Balaban J connectivity index is 2.05. The van der Waals surface area contributed by atoms with E-state index in [1.807, 2.05) is 0 Å². The van der Waals surface area contributed by atoms with E-state index in [2.05, 4.69) is 51.8 Å². The van der Waals surface area contributed by atoms with Gasteiger partial charge in [0.1, 0.15) is 0 Å². The standard InChI is InChI=1S/C18H34N2O2/c1-13(2)15(20-10-8-7-9-11-20)16(21)19-14-12-17(3,4)22-18(14,5)6/h13-15H,7-12H2,1-6H3,(H,19,21)/t14-,15+/m1/s1. The van der Waals surface area contributed by atoms with E-state index in [1.165, 1.54) is 19.3 Å². The van der Waals surface area contributed by atoms with Crippen LogP contribution in [0, 0.1) is 5.92 Å². The van der Waals surface area contributed by atoms with Crippen molar-refractivity contribution in [1.29, 1.82) is 0 Å². The van der Waals surface area contributed by atoms with Gasteiger partial charge in [0.25, 0.3) is 0 Å². The summed E-state index contributed by atoms with van der Waals surface area (Å²) in [5, 5.41) is 3.30. The molecule has 0 bridgehead atoms. The zero-order chi connectivity index (χ0) is 16.5. The Labute approximate surface area is 136 Å². The van der Waals surface area contributed by atoms with Crippen molar-refractivity contribution in [2.75, 3.05) is 13.1 Å². The highest BCUT2D eigenvalue weighted by atomic mass is 16.5. The molecule has 0 spiro atoms. The highest BCUT2D eigenvalue weighted by Crippen LogP contribution is 2.37. The largest absolute Gasteiger partial charge is 0.367 e. The van der Waals surface area contributed by atoms with Gasteiger partial charge in [0.15, 0.2) is 0 Å². The van der Waals surface area contributed by atoms with Crippen molar-refractivity contribution in [3.63, 3.8) is 0 Å². The monoisotopic (exact) mass is 310 g/mol. The molecule has 2 rings (SSSR count). The number of carbonyl (C=O) groups excluding carboxylic acids is 1. The number of piperidine rings is 1. The smallest absolute Gasteiger partial charge is 0.237 e. The van der Waals surface area contributed by atoms with E-state index in [4.69, 9.17) is 4.74 Å². The van der Waals surface area contributed by atoms with Gasteiger partial charge < -0.3 is 10.1 Å². The molecule has 22 heavy (non-hydrogen) atoms. The Kier molecular flexibility index (Phi) is 5.23. The van der Waals surface area contributed by atoms with Crippen LogP contribution in [-0.4, -0.2) is 47.2 Å². The normalized spacial score (nSPS) is 29.5. The molecule has 2 heterocycles. The van der Waals surface area contributed by atoms with Gasteiger partial charge in [0, 0.05) is 0 Å². The third-order valence-electron chi connectivity index (χ3n) is 5.07. The fourth-order valence-electron chi connectivity index (χ4n) is 4.13. The summed E-state index contributed by atoms with van der Waals surface area (Å²) in [4.78, 5) is 15.3. The SMILES string of the molecule is CC(C)[C@@H](C(=O)N[C@@H]1CC(C)(C)OC1(C)C)N1CCCCC1. The van der Waals surface area contributed by atoms with Crippen molar-refractivity contribution in [2.45, 2.75) is 90.5 Å². The van der Waals surface area contributed by atoms with Gasteiger partial charge in [-0.25, -0.2) is 0 Å². The second kappa shape index (κ2) is 6.48. The number of amides is 1. The molecule has 1 N–H and O–H groups in total. The quantitative estimate of drug-likeness (QED) is 0.868. The fourth-order valence-corrected chi connectivity index (χ4v) is 4.13. The third kappa shape index (κ3) is 4.02. The first-order valence-corrected chi connectivity index (χ1v) is 8.87. The Morgan fingerprint density at radius 3 is 2.18 bits per heavy atom. The Hall–Kier alpha value is -0.610. The summed E-state index contributed by atoms with van der Waals surface area (Å²) in [6.07, 6.45) is 4.58. The summed E-state index contributed by atoms with van der Waals surface area (Å²) in [5.41, 5.74) is -0.470. The van der Waals surface area contributed by atoms with Crippen LogP contribution in [0.5, 0.6) is 0 Å². The molecule has 2 fully saturated rings. The Morgan fingerprint density at radius 2 is 1.73 bits per heavy atom. The molecule has 0 radical (unpaired) electrons. The van der Waals surface area contributed by atoms with E-state index in [0.717, 1.165) is 19.5 Å². The minimum atomic E-state index is -0.303. The van der Waals surface area contributed by atoms with Gasteiger partial charge in [-0.15, -0.1) is 0 Å². The van der Waals surface area contributed by atoms with Crippen molar-refractivity contribution in [1.82, 2.24) is 10.2 Å². The van der Waals surface area contributed by atoms with Gasteiger partial charge in [-0.05, 0) is 66.0 Å². The van der Waals surface area contributed by atoms with Crippen molar-refractivity contribution in [3.05, 3.63) is 0 Å². The second-order valence-corrected chi connectivity index (χ2v) is 8.52. The number of hydrogen-bond donors (Lipinski definition) is 1. The molecule has 4 heteroatoms. The van der Waals surface area contributed by atoms with Crippen molar-refractivity contribution in [3.8, 4) is 0 Å². The topological polar surface area (TPSA) is 41.6 Å². The molecular weight excluding hydrogens is 276 g/mol. The van der Waals surface area contributed by atoms with Crippen LogP contribution in [0.3, 0.4) is 0 Å². The summed E-state index contributed by atoms with van der Waals surface area (Å²) in [6, 6.07) is 0.0702. The van der Waals surface area contributed by atoms with Gasteiger partial charge in [-0.3, -0.25) is 9.69 Å². The maximum absolute atomic E-state index is 12.9. The number of hydrogen-bond acceptors (Lipinski definition) is 3. The summed E-state index contributed by atoms with van der Waals surface area (Å²) in [7, 11) is 0. The van der Waals surface area contributed by atoms with Crippen molar-refractivity contribution >= 4 is 5.91 Å². The fraction of sp³-hybridized carbons (Fsp3) is 0.944. The lowest BCUT2D eigenvalue weighted by Gasteiger charge is -2.37. The minimum absolute atomic E-state index is 0.0141. The Morgan fingerprint density at radius 1 is 1.14 bits per heavy atom. The highest BCUT2D eigenvalue weighted by molar-refractivity contribution is 5.82. The van der Waals surface area contributed by atoms with E-state index in [0.29, 0.717) is 5.92 Å². The zero-order valence-corrected chi connectivity index (χ0v) is 15.2. The van der Waals surface area contributed by atoms with E-state index in [9.17, 15) is 4.79 Å². The van der Waals surface area contributed by atoms with Crippen LogP contribution in [0.1, 0.15) is 67.2 Å². The highest BCUT2D eigenvalue weighted by Gasteiger charge is 2.47. The third-order valence-corrected chi connectivity index (χ3v) is 5.07. The van der Waals surface area contributed by atoms with Crippen molar-refractivity contribution in [2.24, 2.45) is 5.92 Å². The predicted molar refractivity (Wildman–Crippen MR) is 89.8 cm³/mol. The molecule has 2 saturated heterocycles. The average Bonchev–Trinajstić information content (AvgIpc) is 2.57. The van der Waals surface area contributed by atoms with Crippen LogP contribution >= 0.6 is 0 Å². The van der Waals surface area contributed by atoms with Gasteiger partial charge in [0.05, 0.1) is 23.3 Å². The molecule has 128 valence electrons. The molecule has 0 saturated carbocycles. The van der Waals surface area contributed by atoms with Crippen LogP contribution in [0.15, 0.2) is 0 Å². The predicted octanol–water partition coefficient (Wildman–Crippen LogP) is 2.96. The second-order valence-electron chi connectivity index (χ2n) is 8.52. The van der Waals surface area contributed by atoms with E-state index in [-0.39, 0.29) is 29.2 Å². The molecule has 1 amide bonds. The summed E-state index contributed by atoms with van der Waals surface area (Å²) in [6.45, 7) is 14.8. The lowest BCUT2D eigenvalue weighted by Crippen LogP contribution is -2.56. The van der Waals surface area contributed by atoms with Gasteiger partial charge >= 0.3 is 0 Å². The summed E-state index contributed by atoms with van der Waals surface area (Å²) in [5.74, 6) is 0.507. The molecule has 0 unspecified atom stereocenters. The first kappa shape index (κ1) is 17.7. The number of ether oxygens (including phenoxy) is 1. The van der Waals surface area contributed by atoms with E-state index < -0.39 is 0 Å². The lowest BCUT2D eigenvalue weighted by molar-refractivity contribution is -0.131. The number of likely N-dealkylation sites (tertiary alicyclic amines) is 1. The van der Waals surface area contributed by atoms with Crippen LogP contribution in [-0.2, 0) is 9.53 Å². The molecular formula is C18H34N2O2. The number of nitrogens with zero attached hydrogens (tertiary/aromatic N) is 1. The summed E-state index contributed by atoms with van der Waals surface area (Å²) < 4.78 is 6.11. The molecule has 0 aromatic rings. The number of rotatable bonds is 4.